The van der Waals surface area contributed by atoms with Crippen LogP contribution in [0.2, 0.25) is 0 Å². The molecule has 5 heteroatoms. The number of carboxylic acid groups (broad SMARTS) is 1. The molecule has 0 aromatic heterocycles. The van der Waals surface area contributed by atoms with Gasteiger partial charge in [0.2, 0.25) is 0 Å². The minimum absolute atomic E-state index is 0.0772. The molecule has 0 saturated heterocycles. The van der Waals surface area contributed by atoms with Crippen molar-refractivity contribution in [2.75, 3.05) is 0 Å². The molecule has 2 amide bonds. The maximum atomic E-state index is 12.0. The summed E-state index contributed by atoms with van der Waals surface area (Å²) in [5.74, 6) is -0.529. The second-order valence-electron chi connectivity index (χ2n) is 5.88. The Morgan fingerprint density at radius 1 is 1.25 bits per heavy atom. The van der Waals surface area contributed by atoms with E-state index in [-0.39, 0.29) is 18.0 Å². The minimum atomic E-state index is -0.967. The summed E-state index contributed by atoms with van der Waals surface area (Å²) in [6.45, 7) is 5.91. The number of hydrogen-bond acceptors (Lipinski definition) is 2. The summed E-state index contributed by atoms with van der Waals surface area (Å²) in [6, 6.07) is -0.980. The van der Waals surface area contributed by atoms with Crippen molar-refractivity contribution in [3.05, 3.63) is 0 Å². The Morgan fingerprint density at radius 3 is 2.45 bits per heavy atom. The van der Waals surface area contributed by atoms with Crippen molar-refractivity contribution in [1.82, 2.24) is 10.6 Å². The lowest BCUT2D eigenvalue weighted by atomic mass is 9.83. The first-order valence-electron chi connectivity index (χ1n) is 7.79. The highest BCUT2D eigenvalue weighted by atomic mass is 16.4. The Balaban J connectivity index is 2.54. The molecule has 1 rings (SSSR count). The van der Waals surface area contributed by atoms with Crippen LogP contribution in [0, 0.1) is 11.8 Å². The number of carbonyl (C=O) groups is 2. The Hall–Kier alpha value is -1.26. The molecule has 0 aromatic rings. The standard InChI is InChI=1S/C15H28N2O3/c1-4-10(3)13(14(18)19)17-15(20)16-12-9-7-6-8-11(12)5-2/h10-13H,4-9H2,1-3H3,(H,18,19)(H2,16,17,20)/t10-,11?,12?,13-/m0/s1. The lowest BCUT2D eigenvalue weighted by Gasteiger charge is -2.32. The summed E-state index contributed by atoms with van der Waals surface area (Å²) in [5.41, 5.74) is 0. The summed E-state index contributed by atoms with van der Waals surface area (Å²) in [5, 5.41) is 14.8. The van der Waals surface area contributed by atoms with E-state index in [1.807, 2.05) is 13.8 Å². The third-order valence-electron chi connectivity index (χ3n) is 4.52. The summed E-state index contributed by atoms with van der Waals surface area (Å²) in [6.07, 6.45) is 6.27. The maximum absolute atomic E-state index is 12.0. The number of carboxylic acids is 1. The van der Waals surface area contributed by atoms with Gasteiger partial charge in [0.15, 0.2) is 0 Å². The largest absolute Gasteiger partial charge is 0.480 e. The van der Waals surface area contributed by atoms with Gasteiger partial charge in [0.1, 0.15) is 6.04 Å². The van der Waals surface area contributed by atoms with E-state index in [1.165, 1.54) is 6.42 Å². The average molecular weight is 284 g/mol. The van der Waals surface area contributed by atoms with E-state index >= 15 is 0 Å². The number of urea groups is 1. The number of rotatable bonds is 6. The molecule has 1 fully saturated rings. The molecule has 0 heterocycles. The predicted octanol–water partition coefficient (Wildman–Crippen LogP) is 2.75. The third kappa shape index (κ3) is 4.69. The number of aliphatic carboxylic acids is 1. The van der Waals surface area contributed by atoms with E-state index in [4.69, 9.17) is 0 Å². The van der Waals surface area contributed by atoms with E-state index in [1.54, 1.807) is 0 Å². The molecular weight excluding hydrogens is 256 g/mol. The van der Waals surface area contributed by atoms with Gasteiger partial charge in [-0.15, -0.1) is 0 Å². The lowest BCUT2D eigenvalue weighted by Crippen LogP contribution is -2.53. The Bertz CT molecular complexity index is 333. The van der Waals surface area contributed by atoms with Gasteiger partial charge >= 0.3 is 12.0 Å². The van der Waals surface area contributed by atoms with E-state index in [9.17, 15) is 14.7 Å². The molecule has 1 aliphatic carbocycles. The van der Waals surface area contributed by atoms with Crippen molar-refractivity contribution in [1.29, 1.82) is 0 Å². The van der Waals surface area contributed by atoms with Gasteiger partial charge < -0.3 is 15.7 Å². The molecular formula is C15H28N2O3. The topological polar surface area (TPSA) is 78.4 Å². The highest BCUT2D eigenvalue weighted by molar-refractivity contribution is 5.82. The van der Waals surface area contributed by atoms with Crippen LogP contribution in [0.25, 0.3) is 0 Å². The van der Waals surface area contributed by atoms with Crippen molar-refractivity contribution >= 4 is 12.0 Å². The van der Waals surface area contributed by atoms with Gasteiger partial charge in [-0.05, 0) is 24.7 Å². The van der Waals surface area contributed by atoms with Crippen molar-refractivity contribution in [3.8, 4) is 0 Å². The first-order chi connectivity index (χ1) is 9.49. The van der Waals surface area contributed by atoms with Crippen LogP contribution in [0.5, 0.6) is 0 Å². The van der Waals surface area contributed by atoms with E-state index in [2.05, 4.69) is 17.6 Å². The number of carbonyl (C=O) groups excluding carboxylic acids is 1. The molecule has 0 radical (unpaired) electrons. The fraction of sp³-hybridized carbons (Fsp3) is 0.867. The normalized spacial score (nSPS) is 25.6. The fourth-order valence-corrected chi connectivity index (χ4v) is 2.92. The van der Waals surface area contributed by atoms with Crippen molar-refractivity contribution < 1.29 is 14.7 Å². The lowest BCUT2D eigenvalue weighted by molar-refractivity contribution is -0.140. The van der Waals surface area contributed by atoms with E-state index in [0.717, 1.165) is 32.1 Å². The molecule has 4 atom stereocenters. The molecule has 0 bridgehead atoms. The van der Waals surface area contributed by atoms with Crippen LogP contribution in [-0.4, -0.2) is 29.2 Å². The van der Waals surface area contributed by atoms with Gasteiger partial charge in [-0.2, -0.15) is 0 Å². The molecule has 0 spiro atoms. The molecule has 1 saturated carbocycles. The molecule has 0 aromatic carbocycles. The van der Waals surface area contributed by atoms with Crippen molar-refractivity contribution in [2.24, 2.45) is 11.8 Å². The van der Waals surface area contributed by atoms with Gasteiger partial charge in [-0.1, -0.05) is 46.5 Å². The first kappa shape index (κ1) is 16.8. The monoisotopic (exact) mass is 284 g/mol. The van der Waals surface area contributed by atoms with Crippen LogP contribution < -0.4 is 10.6 Å². The third-order valence-corrected chi connectivity index (χ3v) is 4.52. The molecule has 3 N–H and O–H groups in total. The van der Waals surface area contributed by atoms with Crippen LogP contribution >= 0.6 is 0 Å². The van der Waals surface area contributed by atoms with Crippen molar-refractivity contribution in [2.45, 2.75) is 71.4 Å². The average Bonchev–Trinajstić information content (AvgIpc) is 2.44. The van der Waals surface area contributed by atoms with E-state index in [0.29, 0.717) is 5.92 Å². The molecule has 116 valence electrons. The SMILES string of the molecule is CCC1CCCCC1NC(=O)N[C@H](C(=O)O)[C@@H](C)CC. The van der Waals surface area contributed by atoms with Crippen LogP contribution in [-0.2, 0) is 4.79 Å². The van der Waals surface area contributed by atoms with Crippen molar-refractivity contribution in [3.63, 3.8) is 0 Å². The second-order valence-corrected chi connectivity index (χ2v) is 5.88. The number of hydrogen-bond donors (Lipinski definition) is 3. The number of amides is 2. The first-order valence-corrected chi connectivity index (χ1v) is 7.79. The second kappa shape index (κ2) is 8.12. The van der Waals surface area contributed by atoms with Crippen LogP contribution in [0.1, 0.15) is 59.3 Å². The zero-order valence-corrected chi connectivity index (χ0v) is 12.8. The Morgan fingerprint density at radius 2 is 1.90 bits per heavy atom. The predicted molar refractivity (Wildman–Crippen MR) is 78.6 cm³/mol. The number of nitrogens with one attached hydrogen (secondary N) is 2. The molecule has 0 aliphatic heterocycles. The van der Waals surface area contributed by atoms with Gasteiger partial charge in [-0.25, -0.2) is 9.59 Å². The van der Waals surface area contributed by atoms with Gasteiger partial charge in [0.25, 0.3) is 0 Å². The summed E-state index contributed by atoms with van der Waals surface area (Å²) in [7, 11) is 0. The summed E-state index contributed by atoms with van der Waals surface area (Å²) >= 11 is 0. The van der Waals surface area contributed by atoms with Gasteiger partial charge in [-0.3, -0.25) is 0 Å². The smallest absolute Gasteiger partial charge is 0.326 e. The van der Waals surface area contributed by atoms with E-state index < -0.39 is 12.0 Å². The Labute approximate surface area is 121 Å². The summed E-state index contributed by atoms with van der Waals surface area (Å²) < 4.78 is 0. The molecule has 5 nitrogen and oxygen atoms in total. The quantitative estimate of drug-likeness (QED) is 0.701. The van der Waals surface area contributed by atoms with Crippen LogP contribution in [0.15, 0.2) is 0 Å². The molecule has 2 unspecified atom stereocenters. The zero-order chi connectivity index (χ0) is 15.1. The summed E-state index contributed by atoms with van der Waals surface area (Å²) in [4.78, 5) is 23.2. The Kier molecular flexibility index (Phi) is 6.82. The fourth-order valence-electron chi connectivity index (χ4n) is 2.92. The van der Waals surface area contributed by atoms with Crippen LogP contribution in [0.4, 0.5) is 4.79 Å². The van der Waals surface area contributed by atoms with Gasteiger partial charge in [0, 0.05) is 6.04 Å². The maximum Gasteiger partial charge on any atom is 0.326 e. The zero-order valence-electron chi connectivity index (χ0n) is 12.8. The van der Waals surface area contributed by atoms with Gasteiger partial charge in [0.05, 0.1) is 0 Å². The molecule has 1 aliphatic rings. The van der Waals surface area contributed by atoms with Crippen LogP contribution in [0.3, 0.4) is 0 Å². The minimum Gasteiger partial charge on any atom is -0.480 e. The highest BCUT2D eigenvalue weighted by Gasteiger charge is 2.28. The molecule has 20 heavy (non-hydrogen) atoms. The highest BCUT2D eigenvalue weighted by Crippen LogP contribution is 2.26.